The van der Waals surface area contributed by atoms with Gasteiger partial charge in [0.05, 0.1) is 25.2 Å². The summed E-state index contributed by atoms with van der Waals surface area (Å²) < 4.78 is 11.2. The molecule has 1 aromatic carbocycles. The molecule has 1 saturated carbocycles. The van der Waals surface area contributed by atoms with Crippen molar-refractivity contribution < 1.29 is 19.4 Å². The summed E-state index contributed by atoms with van der Waals surface area (Å²) in [4.78, 5) is 18.0. The van der Waals surface area contributed by atoms with Crippen molar-refractivity contribution in [2.24, 2.45) is 17.8 Å². The first-order chi connectivity index (χ1) is 15.6. The number of nitrogens with one attached hydrogen (secondary N) is 1. The Balaban J connectivity index is 1.82. The highest BCUT2D eigenvalue weighted by molar-refractivity contribution is 5.84. The van der Waals surface area contributed by atoms with Crippen molar-refractivity contribution in [3.63, 3.8) is 0 Å². The normalized spacial score (nSPS) is 28.1. The summed E-state index contributed by atoms with van der Waals surface area (Å²) in [5.41, 5.74) is 3.04. The highest BCUT2D eigenvalue weighted by Crippen LogP contribution is 2.44. The lowest BCUT2D eigenvalue weighted by Crippen LogP contribution is -2.47. The predicted molar refractivity (Wildman–Crippen MR) is 119 cm³/mol. The van der Waals surface area contributed by atoms with Crippen LogP contribution in [-0.4, -0.2) is 53.9 Å². The second kappa shape index (κ2) is 9.65. The van der Waals surface area contributed by atoms with E-state index in [1.54, 1.807) is 4.90 Å². The van der Waals surface area contributed by atoms with Gasteiger partial charge in [0.1, 0.15) is 6.61 Å². The fourth-order valence-electron chi connectivity index (χ4n) is 5.53. The number of H-pyrrole nitrogens is 1. The first-order valence-corrected chi connectivity index (χ1v) is 11.1. The number of aliphatic hydroxyl groups excluding tert-OH is 1. The Hall–Kier alpha value is -3.00. The van der Waals surface area contributed by atoms with Crippen LogP contribution in [0.5, 0.6) is 0 Å². The molecule has 2 aliphatic rings. The molecule has 1 fully saturated rings. The van der Waals surface area contributed by atoms with E-state index in [-0.39, 0.29) is 24.5 Å². The quantitative estimate of drug-likeness (QED) is 0.437. The van der Waals surface area contributed by atoms with E-state index in [1.807, 2.05) is 18.2 Å². The monoisotopic (exact) mass is 435 g/mol. The number of nitriles is 1. The highest BCUT2D eigenvalue weighted by Gasteiger charge is 2.45. The van der Waals surface area contributed by atoms with Crippen molar-refractivity contribution in [1.82, 2.24) is 9.88 Å². The molecule has 32 heavy (non-hydrogen) atoms. The number of fused-ring (bicyclic) bond motifs is 4. The third kappa shape index (κ3) is 4.19. The lowest BCUT2D eigenvalue weighted by Gasteiger charge is -2.42. The number of aromatic amines is 1. The Morgan fingerprint density at radius 2 is 2.19 bits per heavy atom. The third-order valence-corrected chi connectivity index (χ3v) is 7.04. The summed E-state index contributed by atoms with van der Waals surface area (Å²) >= 11 is 0. The molecule has 168 valence electrons. The standard InChI is InChI=1S/C25H29N3O4/c1-3-12-32-22-13-19-16(8-9-21(29)23(19)25(30)31-2)14-28(15-26)11-10-18-17-6-4-5-7-20(17)27-24(18)22/h1,4-7,16,19,21-23,27,29H,8-14H2,2H3/t16-,19?,21-,22-,23+/m0/s1. The van der Waals surface area contributed by atoms with Gasteiger partial charge in [-0.1, -0.05) is 24.1 Å². The molecule has 0 radical (unpaired) electrons. The van der Waals surface area contributed by atoms with E-state index >= 15 is 0 Å². The number of nitrogens with zero attached hydrogens (tertiary/aromatic N) is 2. The number of esters is 1. The van der Waals surface area contributed by atoms with Gasteiger partial charge in [-0.3, -0.25) is 4.79 Å². The molecule has 7 heteroatoms. The molecule has 1 unspecified atom stereocenters. The van der Waals surface area contributed by atoms with Crippen molar-refractivity contribution in [2.45, 2.75) is 37.9 Å². The lowest BCUT2D eigenvalue weighted by atomic mass is 9.67. The Bertz CT molecular complexity index is 1050. The van der Waals surface area contributed by atoms with Crippen LogP contribution in [0.1, 0.15) is 36.6 Å². The number of ether oxygens (including phenoxy) is 2. The average Bonchev–Trinajstić information content (AvgIpc) is 3.18. The summed E-state index contributed by atoms with van der Waals surface area (Å²) in [6.45, 7) is 1.26. The summed E-state index contributed by atoms with van der Waals surface area (Å²) in [6, 6.07) is 8.06. The Morgan fingerprint density at radius 1 is 1.38 bits per heavy atom. The van der Waals surface area contributed by atoms with Gasteiger partial charge in [0.25, 0.3) is 0 Å². The average molecular weight is 436 g/mol. The minimum Gasteiger partial charge on any atom is -0.469 e. The van der Waals surface area contributed by atoms with Gasteiger partial charge in [0.15, 0.2) is 6.19 Å². The minimum absolute atomic E-state index is 0.0602. The maximum Gasteiger partial charge on any atom is 0.311 e. The highest BCUT2D eigenvalue weighted by atomic mass is 16.5. The van der Waals surface area contributed by atoms with Crippen LogP contribution in [0.3, 0.4) is 0 Å². The SMILES string of the molecule is C#CCO[C@H]1CC2[C@@H](CC[C@H](O)[C@@H]2C(=O)OC)CN(C#N)CCc2c1[nH]c1ccccc21. The molecule has 2 N–H and O–H groups in total. The molecule has 1 aromatic heterocycles. The first-order valence-electron chi connectivity index (χ1n) is 11.1. The fraction of sp³-hybridized carbons (Fsp3) is 0.520. The number of benzene rings is 1. The number of para-hydroxylation sites is 1. The van der Waals surface area contributed by atoms with Crippen LogP contribution >= 0.6 is 0 Å². The van der Waals surface area contributed by atoms with Gasteiger partial charge >= 0.3 is 5.97 Å². The molecule has 0 amide bonds. The number of rotatable bonds is 3. The fourth-order valence-corrected chi connectivity index (χ4v) is 5.53. The van der Waals surface area contributed by atoms with E-state index in [4.69, 9.17) is 15.9 Å². The second-order valence-corrected chi connectivity index (χ2v) is 8.72. The van der Waals surface area contributed by atoms with Crippen LogP contribution in [0.25, 0.3) is 10.9 Å². The zero-order chi connectivity index (χ0) is 22.7. The zero-order valence-corrected chi connectivity index (χ0v) is 18.3. The maximum atomic E-state index is 12.7. The molecule has 0 saturated heterocycles. The largest absolute Gasteiger partial charge is 0.469 e. The molecule has 1 aliphatic heterocycles. The van der Waals surface area contributed by atoms with Crippen molar-refractivity contribution >= 4 is 16.9 Å². The molecule has 2 aromatic rings. The van der Waals surface area contributed by atoms with Crippen LogP contribution in [0, 0.1) is 41.6 Å². The summed E-state index contributed by atoms with van der Waals surface area (Å²) in [5.74, 6) is 1.33. The van der Waals surface area contributed by atoms with E-state index in [1.165, 1.54) is 7.11 Å². The smallest absolute Gasteiger partial charge is 0.311 e. The Kier molecular flexibility index (Phi) is 6.69. The second-order valence-electron chi connectivity index (χ2n) is 8.72. The molecule has 1 aliphatic carbocycles. The molecule has 0 bridgehead atoms. The minimum atomic E-state index is -0.780. The van der Waals surface area contributed by atoms with Crippen LogP contribution < -0.4 is 0 Å². The molecule has 7 nitrogen and oxygen atoms in total. The van der Waals surface area contributed by atoms with Crippen molar-refractivity contribution in [1.29, 1.82) is 5.26 Å². The number of hydrogen-bond donors (Lipinski definition) is 2. The van der Waals surface area contributed by atoms with Crippen LogP contribution in [0.4, 0.5) is 0 Å². The van der Waals surface area contributed by atoms with E-state index in [0.29, 0.717) is 32.4 Å². The van der Waals surface area contributed by atoms with Crippen molar-refractivity contribution in [2.75, 3.05) is 26.8 Å². The van der Waals surface area contributed by atoms with Gasteiger partial charge in [-0.2, -0.15) is 5.26 Å². The van der Waals surface area contributed by atoms with E-state index < -0.39 is 18.0 Å². The van der Waals surface area contributed by atoms with E-state index in [2.05, 4.69) is 23.2 Å². The first kappa shape index (κ1) is 22.2. The van der Waals surface area contributed by atoms with Crippen molar-refractivity contribution in [3.05, 3.63) is 35.5 Å². The molecule has 0 spiro atoms. The van der Waals surface area contributed by atoms with Crippen LogP contribution in [0.2, 0.25) is 0 Å². The maximum absolute atomic E-state index is 12.7. The molecule has 4 rings (SSSR count). The third-order valence-electron chi connectivity index (χ3n) is 7.04. The van der Waals surface area contributed by atoms with Gasteiger partial charge in [0, 0.05) is 29.7 Å². The molecular weight excluding hydrogens is 406 g/mol. The summed E-state index contributed by atoms with van der Waals surface area (Å²) in [6.07, 6.45) is 9.15. The lowest BCUT2D eigenvalue weighted by molar-refractivity contribution is -0.158. The Labute approximate surface area is 188 Å². The van der Waals surface area contributed by atoms with E-state index in [9.17, 15) is 15.2 Å². The number of aromatic nitrogens is 1. The number of carbonyl (C=O) groups excluding carboxylic acids is 1. The number of methoxy groups -OCH3 is 1. The number of hydrogen-bond acceptors (Lipinski definition) is 6. The molecular formula is C25H29N3O4. The summed E-state index contributed by atoms with van der Waals surface area (Å²) in [7, 11) is 1.35. The predicted octanol–water partition coefficient (Wildman–Crippen LogP) is 2.76. The van der Waals surface area contributed by atoms with Gasteiger partial charge in [-0.25, -0.2) is 0 Å². The van der Waals surface area contributed by atoms with Crippen LogP contribution in [-0.2, 0) is 20.7 Å². The Morgan fingerprint density at radius 3 is 2.94 bits per heavy atom. The zero-order valence-electron chi connectivity index (χ0n) is 18.3. The van der Waals surface area contributed by atoms with Gasteiger partial charge in [-0.15, -0.1) is 6.42 Å². The molecule has 5 atom stereocenters. The van der Waals surface area contributed by atoms with E-state index in [0.717, 1.165) is 28.6 Å². The van der Waals surface area contributed by atoms with Gasteiger partial charge in [-0.05, 0) is 49.1 Å². The van der Waals surface area contributed by atoms with Crippen LogP contribution in [0.15, 0.2) is 24.3 Å². The van der Waals surface area contributed by atoms with Crippen molar-refractivity contribution in [3.8, 4) is 18.5 Å². The van der Waals surface area contributed by atoms with Gasteiger partial charge < -0.3 is 24.5 Å². The molecule has 2 heterocycles. The van der Waals surface area contributed by atoms with Gasteiger partial charge in [0.2, 0.25) is 0 Å². The number of aliphatic hydroxyl groups is 1. The summed E-state index contributed by atoms with van der Waals surface area (Å²) in [5, 5.41) is 21.6. The number of carbonyl (C=O) groups is 1. The number of terminal acetylenes is 1. The topological polar surface area (TPSA) is 98.6 Å².